The Morgan fingerprint density at radius 3 is 2.70 bits per heavy atom. The molecule has 0 heterocycles. The van der Waals surface area contributed by atoms with Crippen molar-refractivity contribution in [2.24, 2.45) is 5.73 Å². The molecule has 0 saturated carbocycles. The SMILES string of the molecule is Cc1cc(OCCSC[C@@H](N)C(=O)O)ccc1C(C)C. The van der Waals surface area contributed by atoms with Crippen molar-refractivity contribution in [3.8, 4) is 5.75 Å². The summed E-state index contributed by atoms with van der Waals surface area (Å²) < 4.78 is 5.65. The third-order valence-corrected chi connectivity index (χ3v) is 4.02. The van der Waals surface area contributed by atoms with Crippen LogP contribution in [0.1, 0.15) is 30.9 Å². The number of hydrogen-bond acceptors (Lipinski definition) is 4. The molecule has 0 fully saturated rings. The van der Waals surface area contributed by atoms with Crippen LogP contribution in [0.25, 0.3) is 0 Å². The van der Waals surface area contributed by atoms with Gasteiger partial charge in [-0.2, -0.15) is 11.8 Å². The number of ether oxygens (including phenoxy) is 1. The third-order valence-electron chi connectivity index (χ3n) is 2.97. The van der Waals surface area contributed by atoms with E-state index in [9.17, 15) is 4.79 Å². The van der Waals surface area contributed by atoms with Crippen molar-refractivity contribution >= 4 is 17.7 Å². The molecule has 1 rings (SSSR count). The Bertz CT molecular complexity index is 449. The Balaban J connectivity index is 2.32. The summed E-state index contributed by atoms with van der Waals surface area (Å²) in [6, 6.07) is 5.33. The van der Waals surface area contributed by atoms with Crippen LogP contribution < -0.4 is 10.5 Å². The summed E-state index contributed by atoms with van der Waals surface area (Å²) in [4.78, 5) is 10.5. The average Bonchev–Trinajstić information content (AvgIpc) is 2.37. The zero-order chi connectivity index (χ0) is 15.1. The molecule has 0 aliphatic rings. The van der Waals surface area contributed by atoms with Crippen molar-refractivity contribution in [1.82, 2.24) is 0 Å². The van der Waals surface area contributed by atoms with Crippen LogP contribution >= 0.6 is 11.8 Å². The largest absolute Gasteiger partial charge is 0.493 e. The Labute approximate surface area is 124 Å². The van der Waals surface area contributed by atoms with Crippen LogP contribution in [-0.2, 0) is 4.79 Å². The molecule has 1 aromatic rings. The van der Waals surface area contributed by atoms with Gasteiger partial charge in [0.2, 0.25) is 0 Å². The molecule has 20 heavy (non-hydrogen) atoms. The van der Waals surface area contributed by atoms with E-state index in [1.54, 1.807) is 0 Å². The van der Waals surface area contributed by atoms with Gasteiger partial charge in [0.05, 0.1) is 6.61 Å². The number of nitrogens with two attached hydrogens (primary N) is 1. The van der Waals surface area contributed by atoms with E-state index in [1.165, 1.54) is 22.9 Å². The van der Waals surface area contributed by atoms with Gasteiger partial charge in [-0.25, -0.2) is 0 Å². The zero-order valence-electron chi connectivity index (χ0n) is 12.3. The molecular formula is C15H23NO3S. The number of aliphatic carboxylic acids is 1. The first-order valence-corrected chi connectivity index (χ1v) is 7.86. The minimum atomic E-state index is -0.960. The van der Waals surface area contributed by atoms with E-state index in [2.05, 4.69) is 26.8 Å². The fraction of sp³-hybridized carbons (Fsp3) is 0.533. The summed E-state index contributed by atoms with van der Waals surface area (Å²) in [5.41, 5.74) is 7.98. The van der Waals surface area contributed by atoms with Crippen LogP contribution in [0.4, 0.5) is 0 Å². The monoisotopic (exact) mass is 297 g/mol. The second-order valence-corrected chi connectivity index (χ2v) is 6.19. The molecule has 0 spiro atoms. The number of benzene rings is 1. The Morgan fingerprint density at radius 2 is 2.15 bits per heavy atom. The second-order valence-electron chi connectivity index (χ2n) is 5.04. The molecule has 0 aliphatic heterocycles. The van der Waals surface area contributed by atoms with E-state index in [1.807, 2.05) is 12.1 Å². The first-order chi connectivity index (χ1) is 9.41. The lowest BCUT2D eigenvalue weighted by Crippen LogP contribution is -2.32. The zero-order valence-corrected chi connectivity index (χ0v) is 13.1. The van der Waals surface area contributed by atoms with E-state index in [4.69, 9.17) is 15.6 Å². The third kappa shape index (κ3) is 5.43. The highest BCUT2D eigenvalue weighted by molar-refractivity contribution is 7.99. The van der Waals surface area contributed by atoms with Gasteiger partial charge in [-0.05, 0) is 36.1 Å². The van der Waals surface area contributed by atoms with Gasteiger partial charge in [0, 0.05) is 11.5 Å². The highest BCUT2D eigenvalue weighted by atomic mass is 32.2. The topological polar surface area (TPSA) is 72.5 Å². The minimum absolute atomic E-state index is 0.407. The van der Waals surface area contributed by atoms with Gasteiger partial charge >= 0.3 is 5.97 Å². The first-order valence-electron chi connectivity index (χ1n) is 6.71. The Morgan fingerprint density at radius 1 is 1.45 bits per heavy atom. The quantitative estimate of drug-likeness (QED) is 0.722. The van der Waals surface area contributed by atoms with E-state index in [0.717, 1.165) is 11.5 Å². The number of thioether (sulfide) groups is 1. The molecule has 0 amide bonds. The number of carboxylic acids is 1. The molecule has 1 aromatic carbocycles. The van der Waals surface area contributed by atoms with Gasteiger partial charge in [-0.3, -0.25) is 4.79 Å². The summed E-state index contributed by atoms with van der Waals surface area (Å²) in [6.45, 7) is 6.98. The molecule has 5 heteroatoms. The predicted octanol–water partition coefficient (Wildman–Crippen LogP) is 2.64. The number of carboxylic acid groups (broad SMARTS) is 1. The summed E-state index contributed by atoms with van der Waals surface area (Å²) in [5, 5.41) is 8.65. The second kappa shape index (κ2) is 8.17. The molecule has 0 bridgehead atoms. The van der Waals surface area contributed by atoms with Gasteiger partial charge < -0.3 is 15.6 Å². The fourth-order valence-corrected chi connectivity index (χ4v) is 2.65. The molecule has 112 valence electrons. The van der Waals surface area contributed by atoms with E-state index in [-0.39, 0.29) is 0 Å². The number of rotatable bonds is 8. The normalized spacial score (nSPS) is 12.4. The molecule has 1 atom stereocenters. The first kappa shape index (κ1) is 16.9. The molecule has 0 radical (unpaired) electrons. The fourth-order valence-electron chi connectivity index (χ4n) is 1.89. The van der Waals surface area contributed by atoms with E-state index < -0.39 is 12.0 Å². The van der Waals surface area contributed by atoms with Crippen LogP contribution in [0.5, 0.6) is 5.75 Å². The molecule has 3 N–H and O–H groups in total. The lowest BCUT2D eigenvalue weighted by atomic mass is 9.98. The number of carbonyl (C=O) groups is 1. The van der Waals surface area contributed by atoms with Crippen molar-refractivity contribution in [3.63, 3.8) is 0 Å². The maximum absolute atomic E-state index is 10.5. The van der Waals surface area contributed by atoms with Gasteiger partial charge in [0.15, 0.2) is 0 Å². The van der Waals surface area contributed by atoms with Crippen LogP contribution in [0, 0.1) is 6.92 Å². The molecule has 4 nitrogen and oxygen atoms in total. The molecule has 0 unspecified atom stereocenters. The van der Waals surface area contributed by atoms with Gasteiger partial charge in [-0.15, -0.1) is 0 Å². The Kier molecular flexibility index (Phi) is 6.88. The summed E-state index contributed by atoms with van der Waals surface area (Å²) >= 11 is 1.49. The maximum atomic E-state index is 10.5. The number of hydrogen-bond donors (Lipinski definition) is 2. The predicted molar refractivity (Wildman–Crippen MR) is 83.7 cm³/mol. The molecule has 0 aromatic heterocycles. The molecule has 0 saturated heterocycles. The highest BCUT2D eigenvalue weighted by Gasteiger charge is 2.10. The Hall–Kier alpha value is -1.20. The molecule has 0 aliphatic carbocycles. The van der Waals surface area contributed by atoms with Crippen molar-refractivity contribution in [1.29, 1.82) is 0 Å². The lowest BCUT2D eigenvalue weighted by molar-refractivity contribution is -0.137. The highest BCUT2D eigenvalue weighted by Crippen LogP contribution is 2.23. The average molecular weight is 297 g/mol. The van der Waals surface area contributed by atoms with Gasteiger partial charge in [0.25, 0.3) is 0 Å². The lowest BCUT2D eigenvalue weighted by Gasteiger charge is -2.12. The standard InChI is InChI=1S/C15H23NO3S/c1-10(2)13-5-4-12(8-11(13)3)19-6-7-20-9-14(16)15(17)18/h4-5,8,10,14H,6-7,9,16H2,1-3H3,(H,17,18)/t14-/m1/s1. The van der Waals surface area contributed by atoms with Crippen LogP contribution in [0.3, 0.4) is 0 Å². The van der Waals surface area contributed by atoms with E-state index in [0.29, 0.717) is 18.3 Å². The van der Waals surface area contributed by atoms with Crippen molar-refractivity contribution < 1.29 is 14.6 Å². The van der Waals surface area contributed by atoms with Crippen LogP contribution in [0.15, 0.2) is 18.2 Å². The summed E-state index contributed by atoms with van der Waals surface area (Å²) in [5.74, 6) is 1.54. The summed E-state index contributed by atoms with van der Waals surface area (Å²) in [6.07, 6.45) is 0. The maximum Gasteiger partial charge on any atom is 0.321 e. The molecular weight excluding hydrogens is 274 g/mol. The minimum Gasteiger partial charge on any atom is -0.493 e. The summed E-state index contributed by atoms with van der Waals surface area (Å²) in [7, 11) is 0. The van der Waals surface area contributed by atoms with Gasteiger partial charge in [-0.1, -0.05) is 19.9 Å². The van der Waals surface area contributed by atoms with Crippen molar-refractivity contribution in [2.45, 2.75) is 32.7 Å². The van der Waals surface area contributed by atoms with Crippen molar-refractivity contribution in [2.75, 3.05) is 18.1 Å². The van der Waals surface area contributed by atoms with Crippen LogP contribution in [0.2, 0.25) is 0 Å². The number of aryl methyl sites for hydroxylation is 1. The van der Waals surface area contributed by atoms with Gasteiger partial charge in [0.1, 0.15) is 11.8 Å². The van der Waals surface area contributed by atoms with Crippen molar-refractivity contribution in [3.05, 3.63) is 29.3 Å². The smallest absolute Gasteiger partial charge is 0.321 e. The van der Waals surface area contributed by atoms with E-state index >= 15 is 0 Å². The van der Waals surface area contributed by atoms with Crippen LogP contribution in [-0.4, -0.2) is 35.2 Å².